The molecule has 7 heteroatoms. The van der Waals surface area contributed by atoms with E-state index in [-0.39, 0.29) is 24.4 Å². The first-order valence-corrected chi connectivity index (χ1v) is 8.83. The molecule has 27 heavy (non-hydrogen) atoms. The van der Waals surface area contributed by atoms with Crippen LogP contribution in [-0.4, -0.2) is 50.8 Å². The summed E-state index contributed by atoms with van der Waals surface area (Å²) < 4.78 is 16.9. The minimum atomic E-state index is -0.104. The highest BCUT2D eigenvalue weighted by Gasteiger charge is 2.32. The van der Waals surface area contributed by atoms with Gasteiger partial charge in [0.15, 0.2) is 11.5 Å². The normalized spacial score (nSPS) is 18.4. The second kappa shape index (κ2) is 8.50. The van der Waals surface area contributed by atoms with Crippen molar-refractivity contribution in [3.05, 3.63) is 53.6 Å². The quantitative estimate of drug-likeness (QED) is 0.873. The standard InChI is InChI=1S/C20H22N2O4.ClH/c1-24-17-7-3-2-5-14(17)16-13-21-9-10-22(16)20(23)15-6-4-8-18-19(15)26-12-11-25-18;/h2-8,16,21H,9-13H2,1H3;1H. The number of rotatable bonds is 3. The minimum absolute atomic E-state index is 0. The molecule has 1 fully saturated rings. The van der Waals surface area contributed by atoms with Crippen LogP contribution in [0.15, 0.2) is 42.5 Å². The van der Waals surface area contributed by atoms with Crippen molar-refractivity contribution >= 4 is 18.3 Å². The number of hydrogen-bond acceptors (Lipinski definition) is 5. The van der Waals surface area contributed by atoms with Crippen molar-refractivity contribution in [2.24, 2.45) is 0 Å². The highest BCUT2D eigenvalue weighted by Crippen LogP contribution is 2.37. The van der Waals surface area contributed by atoms with Gasteiger partial charge >= 0.3 is 0 Å². The average molecular weight is 391 g/mol. The molecule has 1 N–H and O–H groups in total. The van der Waals surface area contributed by atoms with Crippen LogP contribution in [0.4, 0.5) is 0 Å². The monoisotopic (exact) mass is 390 g/mol. The van der Waals surface area contributed by atoms with Gasteiger partial charge in [-0.05, 0) is 18.2 Å². The van der Waals surface area contributed by atoms with E-state index in [2.05, 4.69) is 5.32 Å². The molecule has 144 valence electrons. The van der Waals surface area contributed by atoms with Gasteiger partial charge in [0.25, 0.3) is 5.91 Å². The van der Waals surface area contributed by atoms with Gasteiger partial charge in [-0.2, -0.15) is 0 Å². The number of hydrogen-bond donors (Lipinski definition) is 1. The molecule has 0 saturated carbocycles. The topological polar surface area (TPSA) is 60.0 Å². The van der Waals surface area contributed by atoms with E-state index in [4.69, 9.17) is 14.2 Å². The van der Waals surface area contributed by atoms with Gasteiger partial charge in [-0.1, -0.05) is 24.3 Å². The highest BCUT2D eigenvalue weighted by atomic mass is 35.5. The Hall–Kier alpha value is -2.44. The molecule has 0 aromatic heterocycles. The third kappa shape index (κ3) is 3.68. The van der Waals surface area contributed by atoms with E-state index in [0.717, 1.165) is 17.9 Å². The number of ether oxygens (including phenoxy) is 3. The van der Waals surface area contributed by atoms with Crippen LogP contribution in [0.25, 0.3) is 0 Å². The summed E-state index contributed by atoms with van der Waals surface area (Å²) in [6.07, 6.45) is 0. The lowest BCUT2D eigenvalue weighted by atomic mass is 10.0. The number of nitrogens with zero attached hydrogens (tertiary/aromatic N) is 1. The van der Waals surface area contributed by atoms with Crippen molar-refractivity contribution in [3.63, 3.8) is 0 Å². The number of carbonyl (C=O) groups is 1. The van der Waals surface area contributed by atoms with E-state index < -0.39 is 0 Å². The van der Waals surface area contributed by atoms with E-state index in [1.54, 1.807) is 13.2 Å². The zero-order valence-corrected chi connectivity index (χ0v) is 16.0. The fraction of sp³-hybridized carbons (Fsp3) is 0.350. The summed E-state index contributed by atoms with van der Waals surface area (Å²) in [5, 5.41) is 3.38. The number of fused-ring (bicyclic) bond motifs is 1. The van der Waals surface area contributed by atoms with Crippen LogP contribution in [-0.2, 0) is 0 Å². The van der Waals surface area contributed by atoms with Crippen molar-refractivity contribution in [1.82, 2.24) is 10.2 Å². The number of methoxy groups -OCH3 is 1. The summed E-state index contributed by atoms with van der Waals surface area (Å²) >= 11 is 0. The molecular formula is C20H23ClN2O4. The molecule has 1 amide bonds. The number of carbonyl (C=O) groups excluding carboxylic acids is 1. The van der Waals surface area contributed by atoms with Crippen LogP contribution >= 0.6 is 12.4 Å². The number of halogens is 1. The molecule has 1 unspecified atom stereocenters. The van der Waals surface area contributed by atoms with Gasteiger partial charge in [-0.25, -0.2) is 0 Å². The van der Waals surface area contributed by atoms with Crippen LogP contribution < -0.4 is 19.5 Å². The van der Waals surface area contributed by atoms with Crippen molar-refractivity contribution in [2.45, 2.75) is 6.04 Å². The summed E-state index contributed by atoms with van der Waals surface area (Å²) in [6.45, 7) is 3.01. The number of para-hydroxylation sites is 2. The van der Waals surface area contributed by atoms with E-state index in [1.165, 1.54) is 0 Å². The second-order valence-electron chi connectivity index (χ2n) is 6.29. The summed E-state index contributed by atoms with van der Waals surface area (Å²) in [4.78, 5) is 15.3. The zero-order chi connectivity index (χ0) is 17.9. The first-order chi connectivity index (χ1) is 12.8. The van der Waals surface area contributed by atoms with Crippen molar-refractivity contribution in [3.8, 4) is 17.2 Å². The molecule has 0 radical (unpaired) electrons. The smallest absolute Gasteiger partial charge is 0.258 e. The van der Waals surface area contributed by atoms with Gasteiger partial charge in [0.2, 0.25) is 0 Å². The maximum absolute atomic E-state index is 13.4. The lowest BCUT2D eigenvalue weighted by molar-refractivity contribution is 0.0622. The number of piperazine rings is 1. The van der Waals surface area contributed by atoms with E-state index >= 15 is 0 Å². The Balaban J connectivity index is 0.00000210. The molecular weight excluding hydrogens is 368 g/mol. The summed E-state index contributed by atoms with van der Waals surface area (Å²) in [7, 11) is 1.65. The average Bonchev–Trinajstić information content (AvgIpc) is 2.73. The second-order valence-corrected chi connectivity index (χ2v) is 6.29. The Morgan fingerprint density at radius 1 is 1.15 bits per heavy atom. The maximum atomic E-state index is 13.4. The van der Waals surface area contributed by atoms with Crippen molar-refractivity contribution in [2.75, 3.05) is 40.0 Å². The minimum Gasteiger partial charge on any atom is -0.496 e. The Morgan fingerprint density at radius 2 is 1.96 bits per heavy atom. The zero-order valence-electron chi connectivity index (χ0n) is 15.1. The Bertz CT molecular complexity index is 814. The number of benzene rings is 2. The molecule has 0 aliphatic carbocycles. The third-order valence-electron chi connectivity index (χ3n) is 4.80. The van der Waals surface area contributed by atoms with Crippen LogP contribution in [0.2, 0.25) is 0 Å². The van der Waals surface area contributed by atoms with E-state index in [9.17, 15) is 4.79 Å². The van der Waals surface area contributed by atoms with E-state index in [0.29, 0.717) is 43.4 Å². The van der Waals surface area contributed by atoms with Gasteiger partial charge < -0.3 is 24.4 Å². The molecule has 6 nitrogen and oxygen atoms in total. The summed E-state index contributed by atoms with van der Waals surface area (Å²) in [5.74, 6) is 1.91. The van der Waals surface area contributed by atoms with Gasteiger partial charge in [0.05, 0.1) is 18.7 Å². The predicted octanol–water partition coefficient (Wildman–Crippen LogP) is 2.67. The molecule has 2 aromatic rings. The number of amides is 1. The lowest BCUT2D eigenvalue weighted by Crippen LogP contribution is -2.48. The molecule has 2 heterocycles. The van der Waals surface area contributed by atoms with Gasteiger partial charge in [-0.15, -0.1) is 12.4 Å². The first-order valence-electron chi connectivity index (χ1n) is 8.83. The Morgan fingerprint density at radius 3 is 2.81 bits per heavy atom. The molecule has 4 rings (SSSR count). The molecule has 2 aliphatic heterocycles. The van der Waals surface area contributed by atoms with Crippen molar-refractivity contribution in [1.29, 1.82) is 0 Å². The van der Waals surface area contributed by atoms with Crippen LogP contribution in [0, 0.1) is 0 Å². The largest absolute Gasteiger partial charge is 0.496 e. The fourth-order valence-corrected chi connectivity index (χ4v) is 3.56. The molecule has 0 spiro atoms. The van der Waals surface area contributed by atoms with Crippen LogP contribution in [0.3, 0.4) is 0 Å². The number of nitrogens with one attached hydrogen (secondary N) is 1. The van der Waals surface area contributed by atoms with E-state index in [1.807, 2.05) is 41.3 Å². The third-order valence-corrected chi connectivity index (χ3v) is 4.80. The summed E-state index contributed by atoms with van der Waals surface area (Å²) in [5.41, 5.74) is 1.54. The molecule has 2 aromatic carbocycles. The maximum Gasteiger partial charge on any atom is 0.258 e. The fourth-order valence-electron chi connectivity index (χ4n) is 3.56. The van der Waals surface area contributed by atoms with Gasteiger partial charge in [0, 0.05) is 25.2 Å². The van der Waals surface area contributed by atoms with Gasteiger partial charge in [0.1, 0.15) is 19.0 Å². The lowest BCUT2D eigenvalue weighted by Gasteiger charge is -2.37. The molecule has 1 saturated heterocycles. The summed E-state index contributed by atoms with van der Waals surface area (Å²) in [6, 6.07) is 13.2. The SMILES string of the molecule is COc1ccccc1C1CNCCN1C(=O)c1cccc2c1OCCO2.Cl. The molecule has 2 aliphatic rings. The Kier molecular flexibility index (Phi) is 6.08. The predicted molar refractivity (Wildman–Crippen MR) is 104 cm³/mol. The first kappa shape index (κ1) is 19.3. The highest BCUT2D eigenvalue weighted by molar-refractivity contribution is 5.98. The molecule has 1 atom stereocenters. The van der Waals surface area contributed by atoms with Crippen molar-refractivity contribution < 1.29 is 19.0 Å². The van der Waals surface area contributed by atoms with Crippen LogP contribution in [0.1, 0.15) is 22.0 Å². The Labute approximate surface area is 164 Å². The molecule has 0 bridgehead atoms. The van der Waals surface area contributed by atoms with Crippen LogP contribution in [0.5, 0.6) is 17.2 Å². The van der Waals surface area contributed by atoms with Gasteiger partial charge in [-0.3, -0.25) is 4.79 Å².